The smallest absolute Gasteiger partial charge is 0.326 e. The second-order valence-electron chi connectivity index (χ2n) is 4.60. The van der Waals surface area contributed by atoms with Gasteiger partial charge in [-0.2, -0.15) is 0 Å². The van der Waals surface area contributed by atoms with Gasteiger partial charge in [0, 0.05) is 25.7 Å². The van der Waals surface area contributed by atoms with Crippen molar-refractivity contribution >= 4 is 23.6 Å². The summed E-state index contributed by atoms with van der Waals surface area (Å²) in [5, 5.41) is 9.66. The summed E-state index contributed by atoms with van der Waals surface area (Å²) in [5.41, 5.74) is 0.821. The molecule has 1 unspecified atom stereocenters. The maximum absolute atomic E-state index is 12.2. The van der Waals surface area contributed by atoms with E-state index < -0.39 is 12.0 Å². The van der Waals surface area contributed by atoms with Gasteiger partial charge in [-0.25, -0.2) is 9.59 Å². The average molecular weight is 299 g/mol. The molecule has 1 atom stereocenters. The van der Waals surface area contributed by atoms with Gasteiger partial charge in [0.1, 0.15) is 6.04 Å². The Kier molecular flexibility index (Phi) is 5.82. The van der Waals surface area contributed by atoms with Gasteiger partial charge in [-0.3, -0.25) is 0 Å². The number of carboxylic acid groups (broad SMARTS) is 1. The quantitative estimate of drug-likeness (QED) is 0.909. The zero-order valence-corrected chi connectivity index (χ0v) is 12.6. The van der Waals surface area contributed by atoms with Gasteiger partial charge in [-0.05, 0) is 18.1 Å². The molecule has 0 heterocycles. The topological polar surface area (TPSA) is 60.9 Å². The van der Waals surface area contributed by atoms with Crippen molar-refractivity contribution in [1.29, 1.82) is 0 Å². The third-order valence-corrected chi connectivity index (χ3v) is 3.50. The highest BCUT2D eigenvalue weighted by atomic mass is 35.5. The molecular formula is C14H19ClN2O3. The van der Waals surface area contributed by atoms with Gasteiger partial charge in [-0.15, -0.1) is 0 Å². The number of carbonyl (C=O) groups excluding carboxylic acids is 1. The fourth-order valence-electron chi connectivity index (χ4n) is 1.97. The summed E-state index contributed by atoms with van der Waals surface area (Å²) in [6.45, 7) is 2.07. The number of benzene rings is 1. The Hall–Kier alpha value is -1.75. The molecule has 0 spiro atoms. The van der Waals surface area contributed by atoms with E-state index in [0.717, 1.165) is 5.56 Å². The fraction of sp³-hybridized carbons (Fsp3) is 0.429. The first-order chi connectivity index (χ1) is 9.38. The molecule has 20 heavy (non-hydrogen) atoms. The van der Waals surface area contributed by atoms with Gasteiger partial charge >= 0.3 is 12.0 Å². The van der Waals surface area contributed by atoms with E-state index in [2.05, 4.69) is 0 Å². The van der Waals surface area contributed by atoms with Crippen molar-refractivity contribution in [2.45, 2.75) is 25.9 Å². The molecule has 0 fully saturated rings. The van der Waals surface area contributed by atoms with Crippen molar-refractivity contribution in [3.05, 3.63) is 34.9 Å². The standard InChI is InChI=1S/C14H19ClN2O3/c1-4-12(13(18)19)17(3)14(20)16(2)9-10-7-5-6-8-11(10)15/h5-8,12H,4,9H2,1-3H3,(H,18,19). The van der Waals surface area contributed by atoms with Crippen molar-refractivity contribution in [2.24, 2.45) is 0 Å². The molecule has 0 saturated carbocycles. The van der Waals surface area contributed by atoms with E-state index >= 15 is 0 Å². The molecule has 0 aliphatic heterocycles. The molecule has 6 heteroatoms. The Morgan fingerprint density at radius 3 is 2.40 bits per heavy atom. The van der Waals surface area contributed by atoms with Crippen LogP contribution in [0.1, 0.15) is 18.9 Å². The maximum atomic E-state index is 12.2. The van der Waals surface area contributed by atoms with Crippen molar-refractivity contribution < 1.29 is 14.7 Å². The number of urea groups is 1. The molecule has 2 amide bonds. The Balaban J connectivity index is 2.77. The van der Waals surface area contributed by atoms with Crippen LogP contribution >= 0.6 is 11.6 Å². The Morgan fingerprint density at radius 2 is 1.90 bits per heavy atom. The van der Waals surface area contributed by atoms with E-state index in [1.807, 2.05) is 18.2 Å². The van der Waals surface area contributed by atoms with E-state index in [1.54, 1.807) is 20.0 Å². The van der Waals surface area contributed by atoms with E-state index in [9.17, 15) is 9.59 Å². The summed E-state index contributed by atoms with van der Waals surface area (Å²) in [7, 11) is 3.12. The number of rotatable bonds is 5. The van der Waals surface area contributed by atoms with Crippen LogP contribution in [-0.4, -0.2) is 47.0 Å². The molecule has 0 aromatic heterocycles. The maximum Gasteiger partial charge on any atom is 0.326 e. The molecule has 110 valence electrons. The van der Waals surface area contributed by atoms with E-state index in [1.165, 1.54) is 16.8 Å². The summed E-state index contributed by atoms with van der Waals surface area (Å²) < 4.78 is 0. The minimum Gasteiger partial charge on any atom is -0.480 e. The first-order valence-electron chi connectivity index (χ1n) is 6.32. The Morgan fingerprint density at radius 1 is 1.30 bits per heavy atom. The number of hydrogen-bond donors (Lipinski definition) is 1. The van der Waals surface area contributed by atoms with Crippen molar-refractivity contribution in [3.8, 4) is 0 Å². The molecule has 0 bridgehead atoms. The number of carbonyl (C=O) groups is 2. The molecule has 1 aromatic carbocycles. The van der Waals surface area contributed by atoms with E-state index in [4.69, 9.17) is 16.7 Å². The van der Waals surface area contributed by atoms with Crippen molar-refractivity contribution in [1.82, 2.24) is 9.80 Å². The van der Waals surface area contributed by atoms with Crippen LogP contribution in [0.4, 0.5) is 4.79 Å². The van der Waals surface area contributed by atoms with Crippen LogP contribution in [0.15, 0.2) is 24.3 Å². The monoisotopic (exact) mass is 298 g/mol. The SMILES string of the molecule is CCC(C(=O)O)N(C)C(=O)N(C)Cc1ccccc1Cl. The first kappa shape index (κ1) is 16.3. The number of likely N-dealkylation sites (N-methyl/N-ethyl adjacent to an activating group) is 1. The molecule has 1 N–H and O–H groups in total. The predicted octanol–water partition coefficient (Wildman–Crippen LogP) is 2.69. The van der Waals surface area contributed by atoms with Crippen molar-refractivity contribution in [3.63, 3.8) is 0 Å². The van der Waals surface area contributed by atoms with Crippen LogP contribution in [0, 0.1) is 0 Å². The third-order valence-electron chi connectivity index (χ3n) is 3.13. The molecule has 1 aromatic rings. The third kappa shape index (κ3) is 3.87. The summed E-state index contributed by atoms with van der Waals surface area (Å²) in [6, 6.07) is 6.08. The molecule has 0 radical (unpaired) electrons. The van der Waals surface area contributed by atoms with Crippen LogP contribution < -0.4 is 0 Å². The number of nitrogens with zero attached hydrogens (tertiary/aromatic N) is 2. The van der Waals surface area contributed by atoms with Gasteiger partial charge < -0.3 is 14.9 Å². The second kappa shape index (κ2) is 7.14. The van der Waals surface area contributed by atoms with Crippen LogP contribution in [-0.2, 0) is 11.3 Å². The van der Waals surface area contributed by atoms with Crippen molar-refractivity contribution in [2.75, 3.05) is 14.1 Å². The van der Waals surface area contributed by atoms with Crippen LogP contribution in [0.5, 0.6) is 0 Å². The summed E-state index contributed by atoms with van der Waals surface area (Å²) >= 11 is 6.05. The Labute approximate surface area is 123 Å². The Bertz CT molecular complexity index is 493. The number of halogens is 1. The van der Waals surface area contributed by atoms with E-state index in [0.29, 0.717) is 18.0 Å². The molecule has 5 nitrogen and oxygen atoms in total. The highest BCUT2D eigenvalue weighted by molar-refractivity contribution is 6.31. The lowest BCUT2D eigenvalue weighted by molar-refractivity contribution is -0.142. The van der Waals surface area contributed by atoms with Gasteiger partial charge in [0.2, 0.25) is 0 Å². The number of carboxylic acids is 1. The normalized spacial score (nSPS) is 11.8. The van der Waals surface area contributed by atoms with E-state index in [-0.39, 0.29) is 6.03 Å². The number of aliphatic carboxylic acids is 1. The van der Waals surface area contributed by atoms with Crippen LogP contribution in [0.2, 0.25) is 5.02 Å². The number of hydrogen-bond acceptors (Lipinski definition) is 2. The second-order valence-corrected chi connectivity index (χ2v) is 5.01. The van der Waals surface area contributed by atoms with Gasteiger partial charge in [0.25, 0.3) is 0 Å². The largest absolute Gasteiger partial charge is 0.480 e. The molecule has 0 aliphatic carbocycles. The molecule has 0 saturated heterocycles. The summed E-state index contributed by atoms with van der Waals surface area (Å²) in [4.78, 5) is 26.0. The fourth-order valence-corrected chi connectivity index (χ4v) is 2.16. The first-order valence-corrected chi connectivity index (χ1v) is 6.70. The average Bonchev–Trinajstić information content (AvgIpc) is 2.40. The van der Waals surface area contributed by atoms with Gasteiger partial charge in [-0.1, -0.05) is 36.7 Å². The minimum atomic E-state index is -1.01. The molecule has 0 aliphatic rings. The highest BCUT2D eigenvalue weighted by Crippen LogP contribution is 2.17. The lowest BCUT2D eigenvalue weighted by Crippen LogP contribution is -2.47. The van der Waals surface area contributed by atoms with Crippen LogP contribution in [0.3, 0.4) is 0 Å². The summed E-state index contributed by atoms with van der Waals surface area (Å²) in [5.74, 6) is -1.01. The van der Waals surface area contributed by atoms with Gasteiger partial charge in [0.05, 0.1) is 0 Å². The highest BCUT2D eigenvalue weighted by Gasteiger charge is 2.26. The molecular weight excluding hydrogens is 280 g/mol. The predicted molar refractivity (Wildman–Crippen MR) is 77.8 cm³/mol. The minimum absolute atomic E-state index is 0.332. The van der Waals surface area contributed by atoms with Crippen LogP contribution in [0.25, 0.3) is 0 Å². The molecule has 1 rings (SSSR count). The summed E-state index contributed by atoms with van der Waals surface area (Å²) in [6.07, 6.45) is 0.359. The van der Waals surface area contributed by atoms with Gasteiger partial charge in [0.15, 0.2) is 0 Å². The zero-order chi connectivity index (χ0) is 15.3. The lowest BCUT2D eigenvalue weighted by atomic mass is 10.2. The lowest BCUT2D eigenvalue weighted by Gasteiger charge is -2.29. The zero-order valence-electron chi connectivity index (χ0n) is 11.8. The number of amides is 2.